The lowest BCUT2D eigenvalue weighted by molar-refractivity contribution is -0.274. The Morgan fingerprint density at radius 3 is 2.29 bits per heavy atom. The van der Waals surface area contributed by atoms with E-state index in [2.05, 4.69) is 9.84 Å². The molecule has 1 heterocycles. The van der Waals surface area contributed by atoms with Crippen molar-refractivity contribution in [3.63, 3.8) is 0 Å². The van der Waals surface area contributed by atoms with Crippen molar-refractivity contribution in [1.29, 1.82) is 5.26 Å². The van der Waals surface area contributed by atoms with Crippen LogP contribution in [0.2, 0.25) is 0 Å². The van der Waals surface area contributed by atoms with Gasteiger partial charge in [0.25, 0.3) is 0 Å². The summed E-state index contributed by atoms with van der Waals surface area (Å²) < 4.78 is 66.3. The van der Waals surface area contributed by atoms with Gasteiger partial charge in [-0.05, 0) is 36.4 Å². The van der Waals surface area contributed by atoms with Crippen molar-refractivity contribution in [1.82, 2.24) is 9.78 Å². The predicted molar refractivity (Wildman–Crippen MR) is 98.8 cm³/mol. The van der Waals surface area contributed by atoms with Gasteiger partial charge in [-0.15, -0.1) is 13.2 Å². The molecule has 0 bridgehead atoms. The molecule has 0 spiro atoms. The van der Waals surface area contributed by atoms with Gasteiger partial charge in [0.15, 0.2) is 9.84 Å². The maximum atomic E-state index is 12.7. The summed E-state index contributed by atoms with van der Waals surface area (Å²) in [5, 5.41) is 21.8. The van der Waals surface area contributed by atoms with Gasteiger partial charge in [0.1, 0.15) is 11.8 Å². The van der Waals surface area contributed by atoms with Crippen molar-refractivity contribution < 1.29 is 36.2 Å². The highest BCUT2D eigenvalue weighted by Crippen LogP contribution is 2.28. The predicted octanol–water partition coefficient (Wildman–Crippen LogP) is 2.26. The zero-order valence-electron chi connectivity index (χ0n) is 15.3. The summed E-state index contributed by atoms with van der Waals surface area (Å²) in [7, 11) is -4.16. The third-order valence-electron chi connectivity index (χ3n) is 4.01. The van der Waals surface area contributed by atoms with Gasteiger partial charge in [-0.3, -0.25) is 4.79 Å². The molecular weight excluding hydrogens is 443 g/mol. The molecule has 3 rings (SSSR count). The second-order valence-electron chi connectivity index (χ2n) is 6.16. The van der Waals surface area contributed by atoms with E-state index in [9.17, 15) is 41.5 Å². The molecule has 0 amide bonds. The number of aromatic nitrogens is 2. The number of rotatable bonds is 4. The molecule has 0 aliphatic carbocycles. The fourth-order valence-electron chi connectivity index (χ4n) is 2.88. The monoisotopic (exact) mass is 453 g/mol. The van der Waals surface area contributed by atoms with Crippen LogP contribution in [0.1, 0.15) is 16.1 Å². The normalized spacial score (nSPS) is 11.8. The van der Waals surface area contributed by atoms with Crippen LogP contribution in [0.25, 0.3) is 16.6 Å². The quantitative estimate of drug-likeness (QED) is 0.635. The largest absolute Gasteiger partial charge is 0.573 e. The number of alkyl halides is 3. The maximum Gasteiger partial charge on any atom is 0.573 e. The number of halogens is 3. The molecule has 2 aromatic carbocycles. The molecule has 160 valence electrons. The molecule has 3 aromatic rings. The lowest BCUT2D eigenvalue weighted by Gasteiger charge is -2.14. The molecule has 1 aromatic heterocycles. The van der Waals surface area contributed by atoms with Crippen LogP contribution in [0.5, 0.6) is 5.75 Å². The Morgan fingerprint density at radius 2 is 1.81 bits per heavy atom. The summed E-state index contributed by atoms with van der Waals surface area (Å²) >= 11 is 0. The number of nitrogens with zero attached hydrogens (tertiary/aromatic N) is 3. The summed E-state index contributed by atoms with van der Waals surface area (Å²) in [6.07, 6.45) is -4.19. The van der Waals surface area contributed by atoms with E-state index in [0.29, 0.717) is 0 Å². The molecular formula is C18H10F3N3O6S. The Hall–Kier alpha value is -3.92. The Labute approximate surface area is 171 Å². The van der Waals surface area contributed by atoms with Crippen LogP contribution < -0.4 is 10.2 Å². The summed E-state index contributed by atoms with van der Waals surface area (Å²) in [5.74, 6) is -2.33. The highest BCUT2D eigenvalue weighted by atomic mass is 32.2. The van der Waals surface area contributed by atoms with E-state index in [1.807, 2.05) is 0 Å². The highest BCUT2D eigenvalue weighted by Gasteiger charge is 2.31. The first-order chi connectivity index (χ1) is 14.3. The average Bonchev–Trinajstić information content (AvgIpc) is 2.66. The highest BCUT2D eigenvalue weighted by molar-refractivity contribution is 7.91. The molecule has 1 N–H and O–H groups in total. The molecule has 0 aliphatic heterocycles. The Bertz CT molecular complexity index is 1420. The fourth-order valence-corrected chi connectivity index (χ4v) is 3.97. The molecule has 0 radical (unpaired) electrons. The number of ether oxygens (including phenoxy) is 1. The number of nitriles is 1. The minimum absolute atomic E-state index is 0.00573. The van der Waals surface area contributed by atoms with Gasteiger partial charge in [0, 0.05) is 6.26 Å². The van der Waals surface area contributed by atoms with E-state index in [1.54, 1.807) is 6.07 Å². The first kappa shape index (κ1) is 21.8. The van der Waals surface area contributed by atoms with Crippen LogP contribution >= 0.6 is 0 Å². The van der Waals surface area contributed by atoms with Crippen molar-refractivity contribution >= 4 is 26.7 Å². The van der Waals surface area contributed by atoms with Crippen LogP contribution in [0.4, 0.5) is 13.2 Å². The zero-order valence-corrected chi connectivity index (χ0v) is 16.2. The summed E-state index contributed by atoms with van der Waals surface area (Å²) in [6.45, 7) is 0. The van der Waals surface area contributed by atoms with Gasteiger partial charge in [0.05, 0.1) is 27.0 Å². The Morgan fingerprint density at radius 1 is 1.19 bits per heavy atom. The van der Waals surface area contributed by atoms with E-state index < -0.39 is 49.3 Å². The number of sulfone groups is 1. The molecule has 0 atom stereocenters. The van der Waals surface area contributed by atoms with Gasteiger partial charge >= 0.3 is 12.3 Å². The minimum atomic E-state index is -4.93. The topological polar surface area (TPSA) is 139 Å². The van der Waals surface area contributed by atoms with Crippen LogP contribution in [0.3, 0.4) is 0 Å². The maximum absolute atomic E-state index is 12.7. The van der Waals surface area contributed by atoms with Crippen molar-refractivity contribution in [2.24, 2.45) is 0 Å². The molecule has 31 heavy (non-hydrogen) atoms. The third kappa shape index (κ3) is 4.19. The Kier molecular flexibility index (Phi) is 5.20. The van der Waals surface area contributed by atoms with E-state index >= 15 is 0 Å². The number of aromatic carboxylic acids is 1. The van der Waals surface area contributed by atoms with Gasteiger partial charge in [-0.2, -0.15) is 10.4 Å². The van der Waals surface area contributed by atoms with Crippen molar-refractivity contribution in [2.75, 3.05) is 6.26 Å². The second-order valence-corrected chi connectivity index (χ2v) is 8.11. The Balaban J connectivity index is 2.41. The third-order valence-corrected chi connectivity index (χ3v) is 5.18. The lowest BCUT2D eigenvalue weighted by Crippen LogP contribution is -2.24. The van der Waals surface area contributed by atoms with Gasteiger partial charge in [-0.1, -0.05) is 0 Å². The standard InChI is InChI=1S/C18H10F3N3O6S/c1-31(28,29)16-9(8-22)2-7-12-13(16)15(25)14(17(26)27)23-24(12)10-3-5-11(6-4-10)30-18(19,20)21/h2-7H,1H3,(H,26,27). The van der Waals surface area contributed by atoms with Crippen molar-refractivity contribution in [3.8, 4) is 17.5 Å². The average molecular weight is 453 g/mol. The van der Waals surface area contributed by atoms with E-state index in [-0.39, 0.29) is 16.8 Å². The number of benzene rings is 2. The molecule has 13 heteroatoms. The molecule has 9 nitrogen and oxygen atoms in total. The van der Waals surface area contributed by atoms with Crippen LogP contribution in [0.15, 0.2) is 46.1 Å². The van der Waals surface area contributed by atoms with Crippen LogP contribution in [-0.4, -0.2) is 41.9 Å². The SMILES string of the molecule is CS(=O)(=O)c1c(C#N)ccc2c1c(=O)c(C(=O)O)nn2-c1ccc(OC(F)(F)F)cc1. The van der Waals surface area contributed by atoms with Gasteiger partial charge in [0.2, 0.25) is 11.1 Å². The van der Waals surface area contributed by atoms with Gasteiger partial charge in [-0.25, -0.2) is 17.9 Å². The molecule has 0 aliphatic rings. The first-order valence-corrected chi connectivity index (χ1v) is 10.0. The number of hydrogen-bond acceptors (Lipinski definition) is 7. The number of carbonyl (C=O) groups is 1. The van der Waals surface area contributed by atoms with Crippen LogP contribution in [0, 0.1) is 11.3 Å². The molecule has 0 saturated heterocycles. The molecule has 0 fully saturated rings. The fraction of sp³-hybridized carbons (Fsp3) is 0.111. The zero-order chi connectivity index (χ0) is 23.1. The second kappa shape index (κ2) is 7.40. The summed E-state index contributed by atoms with van der Waals surface area (Å²) in [6, 6.07) is 7.98. The summed E-state index contributed by atoms with van der Waals surface area (Å²) in [4.78, 5) is 23.6. The van der Waals surface area contributed by atoms with E-state index in [1.165, 1.54) is 6.07 Å². The number of fused-ring (bicyclic) bond motifs is 1. The van der Waals surface area contributed by atoms with E-state index in [4.69, 9.17) is 0 Å². The van der Waals surface area contributed by atoms with Crippen molar-refractivity contribution in [2.45, 2.75) is 11.3 Å². The van der Waals surface area contributed by atoms with Crippen molar-refractivity contribution in [3.05, 3.63) is 57.9 Å². The van der Waals surface area contributed by atoms with Gasteiger partial charge < -0.3 is 9.84 Å². The number of carboxylic acids is 1. The first-order valence-electron chi connectivity index (χ1n) is 8.13. The lowest BCUT2D eigenvalue weighted by atomic mass is 10.1. The number of hydrogen-bond donors (Lipinski definition) is 1. The van der Waals surface area contributed by atoms with E-state index in [0.717, 1.165) is 41.3 Å². The smallest absolute Gasteiger partial charge is 0.476 e. The molecule has 0 unspecified atom stereocenters. The minimum Gasteiger partial charge on any atom is -0.476 e. The number of carboxylic acid groups (broad SMARTS) is 1. The molecule has 0 saturated carbocycles. The van der Waals surface area contributed by atoms with Crippen LogP contribution in [-0.2, 0) is 9.84 Å². The summed E-state index contributed by atoms with van der Waals surface area (Å²) in [5.41, 5.74) is -2.81.